The molecule has 190 valence electrons. The Morgan fingerprint density at radius 3 is 1.95 bits per heavy atom. The molecule has 6 aromatic carbocycles. The fourth-order valence-electron chi connectivity index (χ4n) is 4.86. The average molecular weight is 597 g/mol. The fraction of sp³-hybridized carbons (Fsp3) is 0. The van der Waals surface area contributed by atoms with Gasteiger partial charge < -0.3 is 0 Å². The summed E-state index contributed by atoms with van der Waals surface area (Å²) in [5.41, 5.74) is 0.813. The van der Waals surface area contributed by atoms with Crippen LogP contribution in [-0.4, -0.2) is 14.1 Å². The van der Waals surface area contributed by atoms with Gasteiger partial charge in [-0.1, -0.05) is 60.7 Å². The van der Waals surface area contributed by atoms with Crippen molar-refractivity contribution in [2.45, 2.75) is 9.79 Å². The van der Waals surface area contributed by atoms with Crippen molar-refractivity contribution in [3.63, 3.8) is 0 Å². The third-order valence-corrected chi connectivity index (χ3v) is 8.83. The van der Waals surface area contributed by atoms with E-state index < -0.39 is 20.6 Å². The molecule has 1 heterocycles. The van der Waals surface area contributed by atoms with Gasteiger partial charge in [0.1, 0.15) is 0 Å². The quantitative estimate of drug-likeness (QED) is 0.0860. The van der Waals surface area contributed by atoms with Crippen molar-refractivity contribution in [2.75, 3.05) is 0 Å². The van der Waals surface area contributed by atoms with Crippen molar-refractivity contribution >= 4 is 70.4 Å². The minimum atomic E-state index is -1.66. The van der Waals surface area contributed by atoms with Crippen LogP contribution in [-0.2, 0) is 10.8 Å². The number of nitro groups is 2. The highest BCUT2D eigenvalue weighted by atomic mass is 79.9. The molecule has 1 unspecified atom stereocenters. The number of fused-ring (bicyclic) bond motifs is 7. The molecule has 0 aromatic heterocycles. The summed E-state index contributed by atoms with van der Waals surface area (Å²) in [6.45, 7) is 0. The second-order valence-corrected chi connectivity index (χ2v) is 11.2. The van der Waals surface area contributed by atoms with Crippen LogP contribution >= 0.6 is 15.9 Å². The van der Waals surface area contributed by atoms with E-state index in [1.165, 1.54) is 62.6 Å². The summed E-state index contributed by atoms with van der Waals surface area (Å²) in [5.74, 6) is 0. The summed E-state index contributed by atoms with van der Waals surface area (Å²) in [6.07, 6.45) is 0. The molecule has 6 aromatic rings. The molecule has 7 rings (SSSR count). The predicted molar refractivity (Wildman–Crippen MR) is 157 cm³/mol. The Morgan fingerprint density at radius 2 is 1.23 bits per heavy atom. The summed E-state index contributed by atoms with van der Waals surface area (Å²) in [5, 5.41) is 29.6. The lowest BCUT2D eigenvalue weighted by Crippen LogP contribution is -1.93. The van der Waals surface area contributed by atoms with Gasteiger partial charge in [-0.05, 0) is 78.1 Å². The van der Waals surface area contributed by atoms with E-state index in [0.717, 1.165) is 0 Å². The Morgan fingerprint density at radius 1 is 0.590 bits per heavy atom. The standard InChI is InChI=1S/C18H12.C12H5BrN2O5S/c1-2-7-15-12-18-16(11-14(15)6-1)10-9-13-5-3-4-8-17(13)18;13-9-4-8-7-2-1-6(14(16)17)3-11(7)21(20)12(8)5-10(9)15(18)19/h1-12H;1-5H. The molecule has 0 spiro atoms. The van der Waals surface area contributed by atoms with Crippen molar-refractivity contribution in [3.05, 3.63) is 128 Å². The highest BCUT2D eigenvalue weighted by Crippen LogP contribution is 2.45. The molecule has 0 bridgehead atoms. The summed E-state index contributed by atoms with van der Waals surface area (Å²) >= 11 is 3.11. The lowest BCUT2D eigenvalue weighted by molar-refractivity contribution is -0.385. The maximum Gasteiger partial charge on any atom is 0.284 e. The maximum atomic E-state index is 12.4. The largest absolute Gasteiger partial charge is 0.284 e. The zero-order valence-corrected chi connectivity index (χ0v) is 22.4. The maximum absolute atomic E-state index is 12.4. The van der Waals surface area contributed by atoms with Crippen LogP contribution in [0.1, 0.15) is 0 Å². The molecule has 0 radical (unpaired) electrons. The van der Waals surface area contributed by atoms with Crippen LogP contribution in [0, 0.1) is 20.2 Å². The van der Waals surface area contributed by atoms with Crippen LogP contribution < -0.4 is 0 Å². The van der Waals surface area contributed by atoms with Crippen LogP contribution in [0.3, 0.4) is 0 Å². The molecule has 0 amide bonds. The molecule has 0 fully saturated rings. The molecule has 0 saturated heterocycles. The monoisotopic (exact) mass is 596 g/mol. The van der Waals surface area contributed by atoms with E-state index in [1.807, 2.05) is 0 Å². The Hall–Kier alpha value is -4.47. The van der Waals surface area contributed by atoms with Gasteiger partial charge in [0.05, 0.1) is 34.9 Å². The van der Waals surface area contributed by atoms with Crippen LogP contribution in [0.2, 0.25) is 0 Å². The lowest BCUT2D eigenvalue weighted by Gasteiger charge is -2.06. The number of non-ortho nitro benzene ring substituents is 1. The molecule has 0 N–H and O–H groups in total. The van der Waals surface area contributed by atoms with Crippen molar-refractivity contribution in [1.29, 1.82) is 0 Å². The Bertz CT molecular complexity index is 2020. The minimum absolute atomic E-state index is 0.163. The number of halogens is 1. The third kappa shape index (κ3) is 4.35. The average Bonchev–Trinajstić information content (AvgIpc) is 3.21. The highest BCUT2D eigenvalue weighted by Gasteiger charge is 2.31. The van der Waals surface area contributed by atoms with Gasteiger partial charge in [-0.15, -0.1) is 0 Å². The van der Waals surface area contributed by atoms with E-state index in [4.69, 9.17) is 0 Å². The molecular weight excluding hydrogens is 580 g/mol. The molecule has 39 heavy (non-hydrogen) atoms. The molecule has 0 saturated carbocycles. The summed E-state index contributed by atoms with van der Waals surface area (Å²) < 4.78 is 12.7. The molecule has 1 atom stereocenters. The van der Waals surface area contributed by atoms with E-state index in [0.29, 0.717) is 20.9 Å². The first-order valence-electron chi connectivity index (χ1n) is 11.8. The number of rotatable bonds is 2. The zero-order valence-electron chi connectivity index (χ0n) is 20.0. The number of benzene rings is 6. The first-order chi connectivity index (χ1) is 18.8. The van der Waals surface area contributed by atoms with E-state index in [1.54, 1.807) is 0 Å². The number of nitro benzene ring substituents is 2. The van der Waals surface area contributed by atoms with Gasteiger partial charge in [-0.2, -0.15) is 0 Å². The van der Waals surface area contributed by atoms with Crippen LogP contribution in [0.15, 0.2) is 117 Å². The smallest absolute Gasteiger partial charge is 0.258 e. The molecule has 1 aliphatic rings. The minimum Gasteiger partial charge on any atom is -0.258 e. The van der Waals surface area contributed by atoms with Gasteiger partial charge >= 0.3 is 0 Å². The fourth-order valence-corrected chi connectivity index (χ4v) is 6.78. The van der Waals surface area contributed by atoms with Crippen molar-refractivity contribution in [3.8, 4) is 11.1 Å². The number of hydrogen-bond acceptors (Lipinski definition) is 5. The van der Waals surface area contributed by atoms with Gasteiger partial charge in [-0.25, -0.2) is 4.21 Å². The number of nitrogens with zero attached hydrogens (tertiary/aromatic N) is 2. The number of hydrogen-bond donors (Lipinski definition) is 0. The first kappa shape index (κ1) is 24.8. The van der Waals surface area contributed by atoms with E-state index in [2.05, 4.69) is 88.7 Å². The van der Waals surface area contributed by atoms with E-state index >= 15 is 0 Å². The van der Waals surface area contributed by atoms with Gasteiger partial charge in [0.25, 0.3) is 11.4 Å². The normalized spacial score (nSPS) is 13.5. The second kappa shape index (κ2) is 9.68. The van der Waals surface area contributed by atoms with Crippen molar-refractivity contribution in [2.24, 2.45) is 0 Å². The summed E-state index contributed by atoms with van der Waals surface area (Å²) in [6, 6.07) is 32.9. The molecule has 7 nitrogen and oxygen atoms in total. The van der Waals surface area contributed by atoms with Crippen molar-refractivity contribution in [1.82, 2.24) is 0 Å². The Kier molecular flexibility index (Phi) is 6.17. The summed E-state index contributed by atoms with van der Waals surface area (Å²) in [4.78, 5) is 21.2. The van der Waals surface area contributed by atoms with E-state index in [-0.39, 0.29) is 15.8 Å². The molecular formula is C30H17BrN2O5S. The third-order valence-electron chi connectivity index (χ3n) is 6.72. The van der Waals surface area contributed by atoms with Crippen molar-refractivity contribution < 1.29 is 14.1 Å². The van der Waals surface area contributed by atoms with Crippen LogP contribution in [0.5, 0.6) is 0 Å². The van der Waals surface area contributed by atoms with Gasteiger partial charge in [0.2, 0.25) is 0 Å². The molecule has 0 aliphatic carbocycles. The SMILES string of the molecule is O=[N+]([O-])c1ccc2c(c1)S(=O)c1cc([N+](=O)[O-])c(Br)cc1-2.c1ccc2cc3c(ccc4ccccc43)cc2c1. The molecule has 1 aliphatic heterocycles. The van der Waals surface area contributed by atoms with E-state index in [9.17, 15) is 24.4 Å². The highest BCUT2D eigenvalue weighted by molar-refractivity contribution is 9.10. The van der Waals surface area contributed by atoms with Gasteiger partial charge in [-0.3, -0.25) is 20.2 Å². The van der Waals surface area contributed by atoms with Gasteiger partial charge in [0, 0.05) is 23.8 Å². The topological polar surface area (TPSA) is 103 Å². The lowest BCUT2D eigenvalue weighted by atomic mass is 9.98. The van der Waals surface area contributed by atoms with Gasteiger partial charge in [0.15, 0.2) is 0 Å². The predicted octanol–water partition coefficient (Wildman–Crippen LogP) is 8.56. The van der Waals surface area contributed by atoms with Crippen LogP contribution in [0.25, 0.3) is 43.4 Å². The van der Waals surface area contributed by atoms with Crippen LogP contribution in [0.4, 0.5) is 11.4 Å². The first-order valence-corrected chi connectivity index (χ1v) is 13.7. The zero-order chi connectivity index (χ0) is 27.3. The molecule has 9 heteroatoms. The summed E-state index contributed by atoms with van der Waals surface area (Å²) in [7, 11) is -1.66. The second-order valence-electron chi connectivity index (χ2n) is 8.97. The Labute approximate surface area is 232 Å². The Balaban J connectivity index is 0.000000143.